The molecule has 0 amide bonds. The van der Waals surface area contributed by atoms with Gasteiger partial charge in [0.1, 0.15) is 0 Å². The van der Waals surface area contributed by atoms with Crippen LogP contribution in [0.15, 0.2) is 23.7 Å². The van der Waals surface area contributed by atoms with Crippen molar-refractivity contribution in [3.8, 4) is 10.8 Å². The maximum absolute atomic E-state index is 6.74. The maximum atomic E-state index is 6.74. The van der Waals surface area contributed by atoms with Crippen LogP contribution in [0.1, 0.15) is 55.4 Å². The summed E-state index contributed by atoms with van der Waals surface area (Å²) in [6, 6.07) is -0.121. The molecule has 0 aliphatic carbocycles. The third kappa shape index (κ3) is 2.59. The minimum absolute atomic E-state index is 0.0605. The van der Waals surface area contributed by atoms with Crippen molar-refractivity contribution in [2.45, 2.75) is 67.5 Å². The molecule has 0 saturated carbocycles. The van der Waals surface area contributed by atoms with Crippen LogP contribution in [-0.2, 0) is 8.85 Å². The molecule has 0 unspecified atom stereocenters. The van der Waals surface area contributed by atoms with Crippen molar-refractivity contribution >= 4 is 44.4 Å². The molecule has 0 radical (unpaired) electrons. The molecule has 148 valence electrons. The van der Waals surface area contributed by atoms with Crippen LogP contribution in [-0.4, -0.2) is 39.8 Å². The summed E-state index contributed by atoms with van der Waals surface area (Å²) >= 11 is 8.46. The summed E-state index contributed by atoms with van der Waals surface area (Å²) in [5.74, 6) is 1.28. The van der Waals surface area contributed by atoms with Gasteiger partial charge < -0.3 is 0 Å². The van der Waals surface area contributed by atoms with E-state index in [1.165, 1.54) is 0 Å². The molecule has 0 fully saturated rings. The van der Waals surface area contributed by atoms with Gasteiger partial charge in [-0.25, -0.2) is 0 Å². The number of thiol groups is 2. The quantitative estimate of drug-likeness (QED) is 0.390. The van der Waals surface area contributed by atoms with Crippen LogP contribution in [0.3, 0.4) is 0 Å². The standard InChI is InChI=1S/C18H30N4O2S2Si/c1-13(2)21-15(5)9-17(7)23-27(21,19-11-25,20-12-26)22(14(3)4)16(6)10-18(8)24-27/h9-10,13-14,25-26H,1-8H3/q+2. The van der Waals surface area contributed by atoms with E-state index < -0.39 is 7.76 Å². The molecule has 6 nitrogen and oxygen atoms in total. The molecule has 2 heterocycles. The third-order valence-electron chi connectivity index (χ3n) is 5.01. The van der Waals surface area contributed by atoms with Crippen molar-refractivity contribution in [2.75, 3.05) is 0 Å². The van der Waals surface area contributed by atoms with E-state index in [-0.39, 0.29) is 12.1 Å². The zero-order chi connectivity index (χ0) is 20.7. The summed E-state index contributed by atoms with van der Waals surface area (Å²) in [5.41, 5.74) is 1.84. The van der Waals surface area contributed by atoms with E-state index in [1.807, 2.05) is 48.3 Å². The Morgan fingerprint density at radius 2 is 1.15 bits per heavy atom. The fraction of sp³-hybridized carbons (Fsp3) is 0.556. The van der Waals surface area contributed by atoms with Gasteiger partial charge in [-0.15, -0.1) is 0 Å². The van der Waals surface area contributed by atoms with Crippen LogP contribution < -0.4 is 0 Å². The molecule has 0 saturated heterocycles. The van der Waals surface area contributed by atoms with Gasteiger partial charge >= 0.3 is 173 Å². The molecule has 0 bridgehead atoms. The molecular formula is C18H30N4O2S2Si+2. The topological polar surface area (TPSA) is 33.2 Å². The van der Waals surface area contributed by atoms with Gasteiger partial charge in [0.05, 0.1) is 0 Å². The molecule has 0 aromatic rings. The number of rotatable bonds is 2. The Balaban J connectivity index is 3.40. The van der Waals surface area contributed by atoms with E-state index in [4.69, 9.17) is 17.9 Å². The molecular weight excluding hydrogens is 396 g/mol. The van der Waals surface area contributed by atoms with E-state index in [0.29, 0.717) is 11.5 Å². The molecule has 0 aromatic heterocycles. The average Bonchev–Trinajstić information content (AvgIpc) is 2.43. The molecule has 9 heteroatoms. The summed E-state index contributed by atoms with van der Waals surface area (Å²) in [6.45, 7) is 16.0. The molecule has 1 spiro atoms. The summed E-state index contributed by atoms with van der Waals surface area (Å²) < 4.78 is 27.1. The first kappa shape index (κ1) is 21.6. The van der Waals surface area contributed by atoms with Gasteiger partial charge in [0.15, 0.2) is 0 Å². The first-order valence-corrected chi connectivity index (χ1v) is 12.5. The Bertz CT molecular complexity index is 889. The van der Waals surface area contributed by atoms with Crippen LogP contribution in [0.25, 0.3) is 9.02 Å². The summed E-state index contributed by atoms with van der Waals surface area (Å²) in [4.78, 5) is 0. The molecule has 0 aromatic carbocycles. The number of allylic oxidation sites excluding steroid dienone is 4. The molecule has 2 rings (SSSR count). The Labute approximate surface area is 172 Å². The van der Waals surface area contributed by atoms with Crippen molar-refractivity contribution in [3.63, 3.8) is 0 Å². The molecule has 0 N–H and O–H groups in total. The Morgan fingerprint density at radius 1 is 0.815 bits per heavy atom. The average molecular weight is 427 g/mol. The normalized spacial score (nSPS) is 24.7. The molecule has 2 aliphatic rings. The van der Waals surface area contributed by atoms with Gasteiger partial charge in [0, 0.05) is 0 Å². The Kier molecular flexibility index (Phi) is 5.15. The van der Waals surface area contributed by atoms with Crippen LogP contribution in [0, 0.1) is 10.8 Å². The van der Waals surface area contributed by atoms with Gasteiger partial charge in [-0.05, 0) is 0 Å². The van der Waals surface area contributed by atoms with Gasteiger partial charge in [0.25, 0.3) is 0 Å². The second-order valence-electron chi connectivity index (χ2n) is 7.76. The molecule has 27 heavy (non-hydrogen) atoms. The second kappa shape index (κ2) is 6.44. The van der Waals surface area contributed by atoms with Crippen LogP contribution in [0.2, 0.25) is 0 Å². The molecule has 2 aliphatic heterocycles. The monoisotopic (exact) mass is 426 g/mol. The van der Waals surface area contributed by atoms with Crippen molar-refractivity contribution in [3.05, 3.63) is 32.7 Å². The summed E-state index contributed by atoms with van der Waals surface area (Å²) in [7, 11) is -5.58. The number of hydrogen-bond donors (Lipinski definition) is 2. The summed E-state index contributed by atoms with van der Waals surface area (Å²) in [5, 5.41) is 5.35. The van der Waals surface area contributed by atoms with Crippen molar-refractivity contribution in [1.82, 2.24) is 0 Å². The first-order chi connectivity index (χ1) is 12.4. The van der Waals surface area contributed by atoms with E-state index in [2.05, 4.69) is 63.8 Å². The number of hydrogen-bond acceptors (Lipinski definition) is 4. The zero-order valence-corrected chi connectivity index (χ0v) is 20.1. The van der Waals surface area contributed by atoms with Crippen molar-refractivity contribution in [1.29, 1.82) is 0 Å². The number of nitrogens with zero attached hydrogens (tertiary/aromatic N) is 4. The second-order valence-corrected chi connectivity index (χ2v) is 12.8. The Morgan fingerprint density at radius 3 is 1.41 bits per heavy atom. The number of thiocyanates is 2. The predicted molar refractivity (Wildman–Crippen MR) is 120 cm³/mol. The van der Waals surface area contributed by atoms with Crippen molar-refractivity contribution in [2.24, 2.45) is 0 Å². The van der Waals surface area contributed by atoms with Crippen molar-refractivity contribution < 1.29 is 17.3 Å². The fourth-order valence-electron chi connectivity index (χ4n) is 5.07. The van der Waals surface area contributed by atoms with Crippen LogP contribution in [0.4, 0.5) is 0 Å². The van der Waals surface area contributed by atoms with Gasteiger partial charge in [-0.2, -0.15) is 0 Å². The first-order valence-electron chi connectivity index (χ1n) is 9.03. The third-order valence-corrected chi connectivity index (χ3v) is 12.1. The predicted octanol–water partition coefficient (Wildman–Crippen LogP) is 4.40. The van der Waals surface area contributed by atoms with Gasteiger partial charge in [0.2, 0.25) is 0 Å². The van der Waals surface area contributed by atoms with Gasteiger partial charge in [-0.1, -0.05) is 0 Å². The fourth-order valence-corrected chi connectivity index (χ4v) is 13.5. The Hall–Kier alpha value is -1.68. The van der Waals surface area contributed by atoms with Crippen LogP contribution >= 0.6 is 25.3 Å². The zero-order valence-electron chi connectivity index (χ0n) is 17.3. The molecule has 0 atom stereocenters. The van der Waals surface area contributed by atoms with Crippen LogP contribution in [0.5, 0.6) is 0 Å². The summed E-state index contributed by atoms with van der Waals surface area (Å²) in [6.07, 6.45) is 3.91. The van der Waals surface area contributed by atoms with E-state index in [0.717, 1.165) is 11.4 Å². The van der Waals surface area contributed by atoms with E-state index in [1.54, 1.807) is 0 Å². The minimum atomic E-state index is -5.58. The van der Waals surface area contributed by atoms with Gasteiger partial charge in [-0.3, -0.25) is 0 Å². The SMILES string of the molecule is CC1=CC(C)=[N+](C(C)C)[Si-2]2([N+]#CS)([N+]#CS)(O1)OC(C)=CC(C)=[N+]2C(C)C. The van der Waals surface area contributed by atoms with E-state index in [9.17, 15) is 0 Å². The van der Waals surface area contributed by atoms with E-state index >= 15 is 0 Å².